The molecule has 0 fully saturated rings. The molecule has 24 heavy (non-hydrogen) atoms. The first-order chi connectivity index (χ1) is 11.4. The molecule has 6 nitrogen and oxygen atoms in total. The van der Waals surface area contributed by atoms with Gasteiger partial charge in [0.1, 0.15) is 16.6 Å². The molecule has 0 aliphatic rings. The number of amides is 1. The molecular formula is C15H17ClN2O4S2. The lowest BCUT2D eigenvalue weighted by molar-refractivity contribution is -0.119. The normalized spacial score (nSPS) is 11.2. The second-order valence-electron chi connectivity index (χ2n) is 4.83. The van der Waals surface area contributed by atoms with Crippen molar-refractivity contribution in [1.82, 2.24) is 10.0 Å². The third-order valence-electron chi connectivity index (χ3n) is 2.89. The van der Waals surface area contributed by atoms with E-state index < -0.39 is 10.0 Å². The molecule has 0 aliphatic carbocycles. The summed E-state index contributed by atoms with van der Waals surface area (Å²) in [5, 5.41) is 3.24. The van der Waals surface area contributed by atoms with Crippen LogP contribution in [0, 0.1) is 0 Å². The van der Waals surface area contributed by atoms with Gasteiger partial charge in [0.05, 0.1) is 6.54 Å². The summed E-state index contributed by atoms with van der Waals surface area (Å²) < 4.78 is 32.5. The molecule has 0 bridgehead atoms. The molecule has 1 amide bonds. The lowest BCUT2D eigenvalue weighted by atomic mass is 10.3. The fourth-order valence-corrected chi connectivity index (χ4v) is 4.24. The standard InChI is InChI=1S/C15H17ClN2O4S2/c1-11(19)17-10-14-6-7-15(23-14)24(20,21)18-8-9-22-13-4-2-12(16)3-5-13/h2-7,18H,8-10H2,1H3,(H,17,19). The highest BCUT2D eigenvalue weighted by Crippen LogP contribution is 2.21. The lowest BCUT2D eigenvalue weighted by Crippen LogP contribution is -2.27. The van der Waals surface area contributed by atoms with E-state index in [0.717, 1.165) is 16.2 Å². The van der Waals surface area contributed by atoms with E-state index in [1.165, 1.54) is 13.0 Å². The van der Waals surface area contributed by atoms with Crippen LogP contribution >= 0.6 is 22.9 Å². The number of carbonyl (C=O) groups excluding carboxylic acids is 1. The molecule has 0 spiro atoms. The van der Waals surface area contributed by atoms with Gasteiger partial charge in [-0.2, -0.15) is 0 Å². The van der Waals surface area contributed by atoms with Gasteiger partial charge in [-0.15, -0.1) is 11.3 Å². The molecule has 0 unspecified atom stereocenters. The Hall–Kier alpha value is -1.61. The summed E-state index contributed by atoms with van der Waals surface area (Å²) in [4.78, 5) is 11.6. The Labute approximate surface area is 149 Å². The van der Waals surface area contributed by atoms with Crippen molar-refractivity contribution < 1.29 is 17.9 Å². The van der Waals surface area contributed by atoms with Gasteiger partial charge in [0.25, 0.3) is 0 Å². The third-order valence-corrected chi connectivity index (χ3v) is 6.18. The molecule has 1 aromatic heterocycles. The van der Waals surface area contributed by atoms with E-state index in [-0.39, 0.29) is 23.3 Å². The van der Waals surface area contributed by atoms with Gasteiger partial charge in [-0.25, -0.2) is 13.1 Å². The number of sulfonamides is 1. The second-order valence-corrected chi connectivity index (χ2v) is 8.43. The predicted octanol–water partition coefficient (Wildman–Crippen LogP) is 2.39. The van der Waals surface area contributed by atoms with Crippen LogP contribution in [-0.2, 0) is 21.4 Å². The topological polar surface area (TPSA) is 84.5 Å². The number of thiophene rings is 1. The summed E-state index contributed by atoms with van der Waals surface area (Å²) in [7, 11) is -3.58. The Balaban J connectivity index is 1.82. The summed E-state index contributed by atoms with van der Waals surface area (Å²) in [6.45, 7) is 2.07. The zero-order valence-electron chi connectivity index (χ0n) is 12.9. The maximum Gasteiger partial charge on any atom is 0.250 e. The van der Waals surface area contributed by atoms with E-state index in [9.17, 15) is 13.2 Å². The Kier molecular flexibility index (Phi) is 6.61. The summed E-state index contributed by atoms with van der Waals surface area (Å²) in [5.74, 6) is 0.456. The van der Waals surface area contributed by atoms with Crippen LogP contribution in [0.1, 0.15) is 11.8 Å². The van der Waals surface area contributed by atoms with E-state index in [4.69, 9.17) is 16.3 Å². The van der Waals surface area contributed by atoms with Gasteiger partial charge in [0.2, 0.25) is 15.9 Å². The Morgan fingerprint density at radius 1 is 1.21 bits per heavy atom. The van der Waals surface area contributed by atoms with Gasteiger partial charge >= 0.3 is 0 Å². The zero-order chi connectivity index (χ0) is 17.6. The number of benzene rings is 1. The van der Waals surface area contributed by atoms with Crippen LogP contribution in [0.25, 0.3) is 0 Å². The number of hydrogen-bond acceptors (Lipinski definition) is 5. The molecule has 9 heteroatoms. The van der Waals surface area contributed by atoms with Gasteiger partial charge in [-0.05, 0) is 36.4 Å². The number of ether oxygens (including phenoxy) is 1. The van der Waals surface area contributed by atoms with Gasteiger partial charge in [0.15, 0.2) is 0 Å². The average molecular weight is 389 g/mol. The van der Waals surface area contributed by atoms with Crippen molar-refractivity contribution in [2.24, 2.45) is 0 Å². The van der Waals surface area contributed by atoms with Crippen LogP contribution < -0.4 is 14.8 Å². The first-order valence-electron chi connectivity index (χ1n) is 7.08. The number of halogens is 1. The third kappa shape index (κ3) is 5.79. The Morgan fingerprint density at radius 3 is 2.58 bits per heavy atom. The highest BCUT2D eigenvalue weighted by Gasteiger charge is 2.16. The van der Waals surface area contributed by atoms with Gasteiger partial charge < -0.3 is 10.1 Å². The average Bonchev–Trinajstić information content (AvgIpc) is 3.01. The number of carbonyl (C=O) groups is 1. The van der Waals surface area contributed by atoms with Crippen LogP contribution in [0.3, 0.4) is 0 Å². The molecule has 1 heterocycles. The van der Waals surface area contributed by atoms with Crippen LogP contribution in [0.4, 0.5) is 0 Å². The first-order valence-corrected chi connectivity index (χ1v) is 9.76. The summed E-state index contributed by atoms with van der Waals surface area (Å²) >= 11 is 6.89. The molecule has 2 aromatic rings. The van der Waals surface area contributed by atoms with Crippen LogP contribution in [0.5, 0.6) is 5.75 Å². The van der Waals surface area contributed by atoms with Crippen LogP contribution in [0.2, 0.25) is 5.02 Å². The molecule has 2 rings (SSSR count). The molecule has 0 saturated heterocycles. The maximum atomic E-state index is 12.2. The number of hydrogen-bond donors (Lipinski definition) is 2. The second kappa shape index (κ2) is 8.48. The van der Waals surface area contributed by atoms with Crippen molar-refractivity contribution in [1.29, 1.82) is 0 Å². The van der Waals surface area contributed by atoms with Crippen LogP contribution in [0.15, 0.2) is 40.6 Å². The summed E-state index contributed by atoms with van der Waals surface area (Å²) in [5.41, 5.74) is 0. The minimum atomic E-state index is -3.58. The molecule has 0 saturated carbocycles. The van der Waals surface area contributed by atoms with E-state index in [1.54, 1.807) is 30.3 Å². The fraction of sp³-hybridized carbons (Fsp3) is 0.267. The first kappa shape index (κ1) is 18.7. The van der Waals surface area contributed by atoms with Crippen LogP contribution in [-0.4, -0.2) is 27.5 Å². The van der Waals surface area contributed by atoms with Crippen molar-refractivity contribution in [3.63, 3.8) is 0 Å². The molecule has 2 N–H and O–H groups in total. The number of rotatable bonds is 8. The van der Waals surface area contributed by atoms with E-state index in [1.807, 2.05) is 0 Å². The van der Waals surface area contributed by atoms with Gasteiger partial charge in [0, 0.05) is 23.4 Å². The SMILES string of the molecule is CC(=O)NCc1ccc(S(=O)(=O)NCCOc2ccc(Cl)cc2)s1. The smallest absolute Gasteiger partial charge is 0.250 e. The van der Waals surface area contributed by atoms with Crippen molar-refractivity contribution in [2.75, 3.05) is 13.2 Å². The van der Waals surface area contributed by atoms with E-state index in [0.29, 0.717) is 17.3 Å². The minimum Gasteiger partial charge on any atom is -0.492 e. The molecule has 0 radical (unpaired) electrons. The van der Waals surface area contributed by atoms with Crippen molar-refractivity contribution >= 4 is 38.9 Å². The zero-order valence-corrected chi connectivity index (χ0v) is 15.3. The van der Waals surface area contributed by atoms with Crippen molar-refractivity contribution in [3.05, 3.63) is 46.3 Å². The summed E-state index contributed by atoms with van der Waals surface area (Å²) in [6.07, 6.45) is 0. The van der Waals surface area contributed by atoms with E-state index in [2.05, 4.69) is 10.0 Å². The highest BCUT2D eigenvalue weighted by molar-refractivity contribution is 7.91. The monoisotopic (exact) mass is 388 g/mol. The lowest BCUT2D eigenvalue weighted by Gasteiger charge is -2.07. The fourth-order valence-electron chi connectivity index (χ4n) is 1.76. The van der Waals surface area contributed by atoms with Crippen molar-refractivity contribution in [3.8, 4) is 5.75 Å². The highest BCUT2D eigenvalue weighted by atomic mass is 35.5. The molecule has 0 atom stereocenters. The Morgan fingerprint density at radius 2 is 1.92 bits per heavy atom. The minimum absolute atomic E-state index is 0.143. The van der Waals surface area contributed by atoms with Crippen molar-refractivity contribution in [2.45, 2.75) is 17.7 Å². The predicted molar refractivity (Wildman–Crippen MR) is 94.0 cm³/mol. The molecular weight excluding hydrogens is 372 g/mol. The largest absolute Gasteiger partial charge is 0.492 e. The summed E-state index contributed by atoms with van der Waals surface area (Å²) in [6, 6.07) is 10.0. The number of nitrogens with one attached hydrogen (secondary N) is 2. The van der Waals surface area contributed by atoms with E-state index >= 15 is 0 Å². The van der Waals surface area contributed by atoms with Gasteiger partial charge in [-0.3, -0.25) is 4.79 Å². The Bertz CT molecular complexity index is 788. The van der Waals surface area contributed by atoms with Gasteiger partial charge in [-0.1, -0.05) is 11.6 Å². The quantitative estimate of drug-likeness (QED) is 0.680. The molecule has 130 valence electrons. The maximum absolute atomic E-state index is 12.2. The molecule has 1 aromatic carbocycles. The molecule has 0 aliphatic heterocycles.